The average Bonchev–Trinajstić information content (AvgIpc) is 3.28. The number of hydrogen-bond acceptors (Lipinski definition) is 3. The summed E-state index contributed by atoms with van der Waals surface area (Å²) in [5.74, 6) is 1.10. The van der Waals surface area contributed by atoms with Crippen LogP contribution < -0.4 is 4.74 Å². The van der Waals surface area contributed by atoms with Crippen LogP contribution in [0.3, 0.4) is 0 Å². The van der Waals surface area contributed by atoms with Crippen molar-refractivity contribution in [1.29, 1.82) is 0 Å². The summed E-state index contributed by atoms with van der Waals surface area (Å²) in [5.41, 5.74) is 3.31. The van der Waals surface area contributed by atoms with Gasteiger partial charge < -0.3 is 4.74 Å². The zero-order valence-electron chi connectivity index (χ0n) is 13.8. The summed E-state index contributed by atoms with van der Waals surface area (Å²) < 4.78 is 22.3. The molecule has 5 heteroatoms. The van der Waals surface area contributed by atoms with Crippen LogP contribution in [0.4, 0.5) is 4.39 Å². The van der Waals surface area contributed by atoms with E-state index in [2.05, 4.69) is 30.9 Å². The third-order valence-electron chi connectivity index (χ3n) is 4.74. The Labute approximate surface area is 135 Å². The Kier molecular flexibility index (Phi) is 3.39. The SMILES string of the molecule is CC(C)c1c(-c2cc(C3CC3)cnc2F)nn2c1O[C@H](C)CC2. The molecular weight excluding hydrogens is 293 g/mol. The van der Waals surface area contributed by atoms with Gasteiger partial charge in [0.2, 0.25) is 11.8 Å². The van der Waals surface area contributed by atoms with Gasteiger partial charge in [0.1, 0.15) is 5.69 Å². The van der Waals surface area contributed by atoms with Crippen molar-refractivity contribution in [2.24, 2.45) is 0 Å². The molecule has 2 aliphatic rings. The molecule has 0 aromatic carbocycles. The largest absolute Gasteiger partial charge is 0.475 e. The molecule has 2 aromatic rings. The van der Waals surface area contributed by atoms with Gasteiger partial charge in [0.15, 0.2) is 0 Å². The van der Waals surface area contributed by atoms with Crippen LogP contribution in [0.15, 0.2) is 12.3 Å². The van der Waals surface area contributed by atoms with Crippen molar-refractivity contribution in [3.05, 3.63) is 29.3 Å². The van der Waals surface area contributed by atoms with Crippen LogP contribution in [-0.4, -0.2) is 20.9 Å². The molecule has 0 spiro atoms. The van der Waals surface area contributed by atoms with E-state index in [9.17, 15) is 4.39 Å². The lowest BCUT2D eigenvalue weighted by Gasteiger charge is -2.23. The lowest BCUT2D eigenvalue weighted by molar-refractivity contribution is 0.147. The molecule has 1 fully saturated rings. The zero-order chi connectivity index (χ0) is 16.1. The topological polar surface area (TPSA) is 39.9 Å². The quantitative estimate of drug-likeness (QED) is 0.795. The normalized spacial score (nSPS) is 20.5. The van der Waals surface area contributed by atoms with Crippen LogP contribution in [0.25, 0.3) is 11.3 Å². The van der Waals surface area contributed by atoms with Crippen molar-refractivity contribution in [2.45, 2.75) is 64.5 Å². The number of halogens is 1. The number of fused-ring (bicyclic) bond motifs is 1. The van der Waals surface area contributed by atoms with Gasteiger partial charge in [-0.1, -0.05) is 13.8 Å². The van der Waals surface area contributed by atoms with E-state index in [1.165, 1.54) is 12.8 Å². The van der Waals surface area contributed by atoms with E-state index in [0.29, 0.717) is 17.2 Å². The van der Waals surface area contributed by atoms with E-state index in [0.717, 1.165) is 30.0 Å². The first-order valence-electron chi connectivity index (χ1n) is 8.47. The smallest absolute Gasteiger partial charge is 0.222 e. The Hall–Kier alpha value is -1.91. The summed E-state index contributed by atoms with van der Waals surface area (Å²) in [6.07, 6.45) is 5.10. The number of aromatic nitrogens is 3. The fourth-order valence-corrected chi connectivity index (χ4v) is 3.28. The second kappa shape index (κ2) is 5.32. The van der Waals surface area contributed by atoms with Crippen molar-refractivity contribution in [3.8, 4) is 17.1 Å². The highest BCUT2D eigenvalue weighted by molar-refractivity contribution is 5.67. The zero-order valence-corrected chi connectivity index (χ0v) is 13.8. The molecule has 0 bridgehead atoms. The van der Waals surface area contributed by atoms with E-state index in [1.807, 2.05) is 10.7 Å². The molecule has 1 saturated carbocycles. The Bertz CT molecular complexity index is 749. The number of pyridine rings is 1. The highest BCUT2D eigenvalue weighted by Gasteiger charge is 2.30. The van der Waals surface area contributed by atoms with Crippen LogP contribution in [0.1, 0.15) is 63.0 Å². The minimum absolute atomic E-state index is 0.172. The van der Waals surface area contributed by atoms with Crippen molar-refractivity contribution in [2.75, 3.05) is 0 Å². The molecule has 0 saturated heterocycles. The number of ether oxygens (including phenoxy) is 1. The van der Waals surface area contributed by atoms with Crippen LogP contribution in [0, 0.1) is 5.95 Å². The van der Waals surface area contributed by atoms with Crippen LogP contribution in [-0.2, 0) is 6.54 Å². The van der Waals surface area contributed by atoms with E-state index in [1.54, 1.807) is 6.20 Å². The lowest BCUT2D eigenvalue weighted by Crippen LogP contribution is -2.23. The maximum absolute atomic E-state index is 14.4. The minimum atomic E-state index is -0.445. The van der Waals surface area contributed by atoms with Crippen molar-refractivity contribution in [1.82, 2.24) is 14.8 Å². The van der Waals surface area contributed by atoms with Gasteiger partial charge in [0, 0.05) is 24.7 Å². The second-order valence-electron chi connectivity index (χ2n) is 7.04. The lowest BCUT2D eigenvalue weighted by atomic mass is 9.98. The summed E-state index contributed by atoms with van der Waals surface area (Å²) in [6, 6.07) is 1.93. The highest BCUT2D eigenvalue weighted by atomic mass is 19.1. The van der Waals surface area contributed by atoms with Crippen molar-refractivity contribution < 1.29 is 9.13 Å². The van der Waals surface area contributed by atoms with Crippen molar-refractivity contribution >= 4 is 0 Å². The fourth-order valence-electron chi connectivity index (χ4n) is 3.28. The van der Waals surface area contributed by atoms with Crippen LogP contribution in [0.5, 0.6) is 5.88 Å². The van der Waals surface area contributed by atoms with Gasteiger partial charge in [0.05, 0.1) is 11.7 Å². The standard InChI is InChI=1S/C18H22FN3O/c1-10(2)15-16(21-22-7-6-11(3)23-18(15)22)14-8-13(12-4-5-12)9-20-17(14)19/h8-12H,4-7H2,1-3H3/t11-/m1/s1. The van der Waals surface area contributed by atoms with E-state index < -0.39 is 5.95 Å². The van der Waals surface area contributed by atoms with E-state index in [4.69, 9.17) is 4.74 Å². The van der Waals surface area contributed by atoms with Gasteiger partial charge in [0.25, 0.3) is 0 Å². The minimum Gasteiger partial charge on any atom is -0.475 e. The Morgan fingerprint density at radius 3 is 2.78 bits per heavy atom. The summed E-state index contributed by atoms with van der Waals surface area (Å²) in [7, 11) is 0. The molecule has 1 aliphatic heterocycles. The first-order chi connectivity index (χ1) is 11.0. The van der Waals surface area contributed by atoms with Gasteiger partial charge in [-0.05, 0) is 43.2 Å². The maximum atomic E-state index is 14.4. The summed E-state index contributed by atoms with van der Waals surface area (Å²) in [6.45, 7) is 7.07. The summed E-state index contributed by atoms with van der Waals surface area (Å²) in [5, 5.41) is 4.67. The van der Waals surface area contributed by atoms with Crippen LogP contribution in [0.2, 0.25) is 0 Å². The molecule has 23 heavy (non-hydrogen) atoms. The fraction of sp³-hybridized carbons (Fsp3) is 0.556. The molecule has 3 heterocycles. The van der Waals surface area contributed by atoms with E-state index >= 15 is 0 Å². The molecule has 0 N–H and O–H groups in total. The predicted molar refractivity (Wildman–Crippen MR) is 86.2 cm³/mol. The molecular formula is C18H22FN3O. The number of nitrogens with zero attached hydrogens (tertiary/aromatic N) is 3. The van der Waals surface area contributed by atoms with Gasteiger partial charge in [-0.2, -0.15) is 9.49 Å². The number of rotatable bonds is 3. The van der Waals surface area contributed by atoms with E-state index in [-0.39, 0.29) is 12.0 Å². The third-order valence-corrected chi connectivity index (χ3v) is 4.74. The summed E-state index contributed by atoms with van der Waals surface area (Å²) in [4.78, 5) is 3.98. The Morgan fingerprint density at radius 2 is 2.09 bits per heavy atom. The van der Waals surface area contributed by atoms with Gasteiger partial charge in [-0.25, -0.2) is 9.67 Å². The number of hydrogen-bond donors (Lipinski definition) is 0. The molecule has 0 amide bonds. The maximum Gasteiger partial charge on any atom is 0.222 e. The molecule has 0 radical (unpaired) electrons. The first kappa shape index (κ1) is 14.7. The third kappa shape index (κ3) is 2.52. The van der Waals surface area contributed by atoms with Gasteiger partial charge in [-0.15, -0.1) is 0 Å². The highest BCUT2D eigenvalue weighted by Crippen LogP contribution is 2.43. The Morgan fingerprint density at radius 1 is 1.30 bits per heavy atom. The predicted octanol–water partition coefficient (Wildman–Crippen LogP) is 4.26. The van der Waals surface area contributed by atoms with Gasteiger partial charge in [-0.3, -0.25) is 0 Å². The molecule has 1 aliphatic carbocycles. The Balaban J connectivity index is 1.87. The molecule has 0 unspecified atom stereocenters. The second-order valence-corrected chi connectivity index (χ2v) is 7.04. The van der Waals surface area contributed by atoms with Crippen LogP contribution >= 0.6 is 0 Å². The number of aryl methyl sites for hydroxylation is 1. The molecule has 4 nitrogen and oxygen atoms in total. The molecule has 2 aromatic heterocycles. The molecule has 122 valence electrons. The molecule has 4 rings (SSSR count). The molecule has 1 atom stereocenters. The summed E-state index contributed by atoms with van der Waals surface area (Å²) >= 11 is 0. The monoisotopic (exact) mass is 315 g/mol. The average molecular weight is 315 g/mol. The first-order valence-corrected chi connectivity index (χ1v) is 8.47. The van der Waals surface area contributed by atoms with Crippen molar-refractivity contribution in [3.63, 3.8) is 0 Å². The van der Waals surface area contributed by atoms with Gasteiger partial charge >= 0.3 is 0 Å².